The van der Waals surface area contributed by atoms with Crippen molar-refractivity contribution in [1.29, 1.82) is 0 Å². The van der Waals surface area contributed by atoms with Crippen LogP contribution in [0.4, 0.5) is 17.6 Å². The number of aromatic nitrogens is 1. The fraction of sp³-hybridized carbons (Fsp3) is 0.300. The SMILES string of the molecule is FC1(F)[C-]=C(c2ccccn2)C(F)(F)C1.[Ir]. The predicted octanol–water partition coefficient (Wildman–Crippen LogP) is 2.94. The number of alkyl halides is 4. The Hall–Kier alpha value is -0.741. The average Bonchev–Trinajstić information content (AvgIpc) is 2.36. The van der Waals surface area contributed by atoms with Gasteiger partial charge in [0.05, 0.1) is 6.42 Å². The van der Waals surface area contributed by atoms with Crippen LogP contribution in [0.15, 0.2) is 24.4 Å². The van der Waals surface area contributed by atoms with Crippen LogP contribution in [-0.4, -0.2) is 16.8 Å². The molecule has 1 radical (unpaired) electrons. The van der Waals surface area contributed by atoms with Gasteiger partial charge >= 0.3 is 0 Å². The second-order valence-corrected chi connectivity index (χ2v) is 3.30. The van der Waals surface area contributed by atoms with Crippen molar-refractivity contribution < 1.29 is 37.7 Å². The molecule has 0 saturated heterocycles. The number of hydrogen-bond donors (Lipinski definition) is 0. The molecule has 0 aliphatic heterocycles. The Labute approximate surface area is 103 Å². The van der Waals surface area contributed by atoms with Gasteiger partial charge in [0.15, 0.2) is 0 Å². The number of nitrogens with zero attached hydrogens (tertiary/aromatic N) is 1. The van der Waals surface area contributed by atoms with Gasteiger partial charge in [0.25, 0.3) is 0 Å². The Morgan fingerprint density at radius 2 is 1.88 bits per heavy atom. The summed E-state index contributed by atoms with van der Waals surface area (Å²) in [7, 11) is 0. The maximum Gasteiger partial charge on any atom is 0.247 e. The van der Waals surface area contributed by atoms with Gasteiger partial charge in [-0.15, -0.1) is 11.6 Å². The van der Waals surface area contributed by atoms with Crippen molar-refractivity contribution in [1.82, 2.24) is 4.98 Å². The summed E-state index contributed by atoms with van der Waals surface area (Å²) in [6.07, 6.45) is 1.26. The molecule has 1 aliphatic rings. The molecule has 1 aromatic rings. The van der Waals surface area contributed by atoms with E-state index in [-0.39, 0.29) is 25.8 Å². The molecular formula is C10H6F4IrN-. The van der Waals surface area contributed by atoms with E-state index in [2.05, 4.69) is 4.98 Å². The topological polar surface area (TPSA) is 12.9 Å². The first-order valence-electron chi connectivity index (χ1n) is 4.23. The van der Waals surface area contributed by atoms with Crippen molar-refractivity contribution in [2.24, 2.45) is 0 Å². The third-order valence-corrected chi connectivity index (χ3v) is 2.04. The third kappa shape index (κ3) is 2.50. The minimum absolute atomic E-state index is 0. The molecule has 0 fully saturated rings. The van der Waals surface area contributed by atoms with Crippen LogP contribution in [0.2, 0.25) is 0 Å². The summed E-state index contributed by atoms with van der Waals surface area (Å²) in [4.78, 5) is 3.61. The maximum absolute atomic E-state index is 13.2. The van der Waals surface area contributed by atoms with Gasteiger partial charge < -0.3 is 4.98 Å². The van der Waals surface area contributed by atoms with Crippen molar-refractivity contribution in [2.45, 2.75) is 18.3 Å². The zero-order valence-electron chi connectivity index (χ0n) is 7.81. The smallest absolute Gasteiger partial charge is 0.247 e. The fourth-order valence-electron chi connectivity index (χ4n) is 1.45. The number of halogens is 4. The Morgan fingerprint density at radius 3 is 2.31 bits per heavy atom. The molecule has 16 heavy (non-hydrogen) atoms. The average molecular weight is 408 g/mol. The first kappa shape index (κ1) is 13.3. The quantitative estimate of drug-likeness (QED) is 0.515. The Morgan fingerprint density at radius 1 is 1.19 bits per heavy atom. The molecule has 0 atom stereocenters. The van der Waals surface area contributed by atoms with Crippen LogP contribution in [0.3, 0.4) is 0 Å². The van der Waals surface area contributed by atoms with E-state index in [1.807, 2.05) is 0 Å². The molecule has 0 saturated carbocycles. The van der Waals surface area contributed by atoms with Crippen LogP contribution < -0.4 is 0 Å². The van der Waals surface area contributed by atoms with Crippen molar-refractivity contribution in [3.8, 4) is 0 Å². The molecule has 89 valence electrons. The van der Waals surface area contributed by atoms with Crippen LogP contribution in [0, 0.1) is 6.08 Å². The van der Waals surface area contributed by atoms with E-state index in [4.69, 9.17) is 0 Å². The van der Waals surface area contributed by atoms with Crippen molar-refractivity contribution >= 4 is 5.57 Å². The van der Waals surface area contributed by atoms with Crippen molar-refractivity contribution in [3.63, 3.8) is 0 Å². The second-order valence-electron chi connectivity index (χ2n) is 3.30. The zero-order valence-corrected chi connectivity index (χ0v) is 10.2. The largest absolute Gasteiger partial charge is 0.351 e. The summed E-state index contributed by atoms with van der Waals surface area (Å²) < 4.78 is 51.8. The van der Waals surface area contributed by atoms with Crippen LogP contribution in [0.5, 0.6) is 0 Å². The van der Waals surface area contributed by atoms with E-state index in [0.29, 0.717) is 0 Å². The molecule has 1 heterocycles. The summed E-state index contributed by atoms with van der Waals surface area (Å²) in [6.45, 7) is 0. The first-order valence-corrected chi connectivity index (χ1v) is 4.23. The Balaban J connectivity index is 0.00000128. The van der Waals surface area contributed by atoms with Gasteiger partial charge in [-0.2, -0.15) is 6.08 Å². The molecule has 2 rings (SSSR count). The number of rotatable bonds is 1. The summed E-state index contributed by atoms with van der Waals surface area (Å²) in [5, 5.41) is 0. The molecule has 0 N–H and O–H groups in total. The van der Waals surface area contributed by atoms with Crippen LogP contribution in [-0.2, 0) is 20.1 Å². The number of pyridine rings is 1. The summed E-state index contributed by atoms with van der Waals surface area (Å²) in [5.41, 5.74) is -0.965. The molecule has 0 unspecified atom stereocenters. The summed E-state index contributed by atoms with van der Waals surface area (Å²) >= 11 is 0. The van der Waals surface area contributed by atoms with Crippen LogP contribution >= 0.6 is 0 Å². The third-order valence-electron chi connectivity index (χ3n) is 2.04. The molecule has 0 bridgehead atoms. The van der Waals surface area contributed by atoms with Gasteiger partial charge in [-0.05, 0) is 6.07 Å². The van der Waals surface area contributed by atoms with Gasteiger partial charge in [0.1, 0.15) is 0 Å². The van der Waals surface area contributed by atoms with E-state index in [1.54, 1.807) is 0 Å². The predicted molar refractivity (Wildman–Crippen MR) is 45.4 cm³/mol. The molecule has 0 aromatic carbocycles. The summed E-state index contributed by atoms with van der Waals surface area (Å²) in [5.74, 6) is -7.13. The minimum Gasteiger partial charge on any atom is -0.351 e. The molecule has 6 heteroatoms. The first-order chi connectivity index (χ1) is 6.91. The second kappa shape index (κ2) is 4.26. The van der Waals surface area contributed by atoms with Crippen molar-refractivity contribution in [3.05, 3.63) is 36.2 Å². The normalized spacial score (nSPS) is 21.1. The van der Waals surface area contributed by atoms with E-state index >= 15 is 0 Å². The van der Waals surface area contributed by atoms with E-state index in [9.17, 15) is 17.6 Å². The molecule has 1 aliphatic carbocycles. The van der Waals surface area contributed by atoms with Crippen LogP contribution in [0.1, 0.15) is 12.1 Å². The zero-order chi connectivity index (χ0) is 11.1. The van der Waals surface area contributed by atoms with Gasteiger partial charge in [0.2, 0.25) is 11.8 Å². The Bertz CT molecular complexity index is 403. The van der Waals surface area contributed by atoms with Gasteiger partial charge in [-0.1, -0.05) is 11.8 Å². The van der Waals surface area contributed by atoms with Crippen molar-refractivity contribution in [2.75, 3.05) is 0 Å². The van der Waals surface area contributed by atoms with Gasteiger partial charge in [-0.3, -0.25) is 0 Å². The fourth-order valence-corrected chi connectivity index (χ4v) is 1.45. The minimum atomic E-state index is -3.57. The van der Waals surface area contributed by atoms with Gasteiger partial charge in [-0.25, -0.2) is 17.6 Å². The van der Waals surface area contributed by atoms with E-state index in [0.717, 1.165) is 0 Å². The van der Waals surface area contributed by atoms with Gasteiger partial charge in [0, 0.05) is 26.3 Å². The Kier molecular flexibility index (Phi) is 3.55. The number of allylic oxidation sites excluding steroid dienone is 2. The molecule has 0 spiro atoms. The van der Waals surface area contributed by atoms with E-state index in [1.165, 1.54) is 30.5 Å². The van der Waals surface area contributed by atoms with Crippen LogP contribution in [0.25, 0.3) is 5.57 Å². The number of hydrogen-bond acceptors (Lipinski definition) is 1. The molecule has 1 aromatic heterocycles. The maximum atomic E-state index is 13.2. The molecule has 0 amide bonds. The standard InChI is InChI=1S/C10H6F4N.Ir/c11-9(12)5-7(10(13,14)6-9)8-3-1-2-4-15-8;/h1-4H,6H2;/q-1;. The monoisotopic (exact) mass is 409 g/mol. The molecular weight excluding hydrogens is 402 g/mol. The molecule has 1 nitrogen and oxygen atoms in total. The van der Waals surface area contributed by atoms with E-state index < -0.39 is 23.8 Å². The summed E-state index contributed by atoms with van der Waals surface area (Å²) in [6, 6.07) is 4.25.